The fourth-order valence-corrected chi connectivity index (χ4v) is 5.70. The van der Waals surface area contributed by atoms with Gasteiger partial charge in [-0.05, 0) is 66.9 Å². The van der Waals surface area contributed by atoms with Crippen LogP contribution in [0.2, 0.25) is 5.02 Å². The maximum absolute atomic E-state index is 13.3. The van der Waals surface area contributed by atoms with E-state index >= 15 is 0 Å². The summed E-state index contributed by atoms with van der Waals surface area (Å²) in [6.45, 7) is 0.929. The molecule has 0 atom stereocenters. The Morgan fingerprint density at radius 3 is 2.38 bits per heavy atom. The third kappa shape index (κ3) is 6.95. The number of sulfonamides is 1. The molecule has 3 aromatic carbocycles. The number of amides is 2. The number of nitrogens with zero attached hydrogens (tertiary/aromatic N) is 1. The SMILES string of the molecule is O=C(Nc1cccc(Br)c1)C1CCN(C(=O)c2ccc(CNS(=O)(=O)c3ccc(F)c(Cl)c3)cc2)CC1. The lowest BCUT2D eigenvalue weighted by atomic mass is 9.95. The molecule has 0 unspecified atom stereocenters. The standard InChI is InChI=1S/C26H24BrClFN3O4S/c27-20-2-1-3-21(14-20)31-25(33)18-10-12-32(13-11-18)26(34)19-6-4-17(5-7-19)16-30-37(35,36)22-8-9-24(29)23(28)15-22/h1-9,14-15,18,30H,10-13,16H2,(H,31,33). The van der Waals surface area contributed by atoms with Crippen molar-refractivity contribution < 1.29 is 22.4 Å². The van der Waals surface area contributed by atoms with E-state index in [1.165, 1.54) is 0 Å². The van der Waals surface area contributed by atoms with Gasteiger partial charge in [0.2, 0.25) is 15.9 Å². The first-order valence-electron chi connectivity index (χ1n) is 11.5. The Hall–Kier alpha value is -2.79. The molecule has 0 saturated carbocycles. The van der Waals surface area contributed by atoms with Gasteiger partial charge in [0.05, 0.1) is 9.92 Å². The molecule has 0 radical (unpaired) electrons. The van der Waals surface area contributed by atoms with Gasteiger partial charge in [-0.15, -0.1) is 0 Å². The highest BCUT2D eigenvalue weighted by Crippen LogP contribution is 2.23. The lowest BCUT2D eigenvalue weighted by Gasteiger charge is -2.31. The third-order valence-corrected chi connectivity index (χ3v) is 8.30. The van der Waals surface area contributed by atoms with Crippen molar-refractivity contribution in [3.63, 3.8) is 0 Å². The Balaban J connectivity index is 1.29. The van der Waals surface area contributed by atoms with Crippen LogP contribution in [0.25, 0.3) is 0 Å². The van der Waals surface area contributed by atoms with E-state index in [-0.39, 0.29) is 34.2 Å². The highest BCUT2D eigenvalue weighted by Gasteiger charge is 2.28. The first kappa shape index (κ1) is 27.3. The van der Waals surface area contributed by atoms with Gasteiger partial charge in [-0.25, -0.2) is 17.5 Å². The van der Waals surface area contributed by atoms with Crippen molar-refractivity contribution in [2.24, 2.45) is 5.92 Å². The van der Waals surface area contributed by atoms with Crippen molar-refractivity contribution in [2.75, 3.05) is 18.4 Å². The first-order valence-corrected chi connectivity index (χ1v) is 14.2. The molecule has 0 bridgehead atoms. The Morgan fingerprint density at radius 2 is 1.73 bits per heavy atom. The van der Waals surface area contributed by atoms with Crippen molar-refractivity contribution in [2.45, 2.75) is 24.3 Å². The Bertz CT molecular complexity index is 1410. The second-order valence-electron chi connectivity index (χ2n) is 8.66. The Labute approximate surface area is 228 Å². The number of rotatable bonds is 7. The molecule has 0 aromatic heterocycles. The fraction of sp³-hybridized carbons (Fsp3) is 0.231. The largest absolute Gasteiger partial charge is 0.339 e. The summed E-state index contributed by atoms with van der Waals surface area (Å²) in [6.07, 6.45) is 1.14. The molecule has 1 saturated heterocycles. The fourth-order valence-electron chi connectivity index (χ4n) is 4.01. The smallest absolute Gasteiger partial charge is 0.253 e. The number of hydrogen-bond donors (Lipinski definition) is 2. The Morgan fingerprint density at radius 1 is 1.03 bits per heavy atom. The van der Waals surface area contributed by atoms with Gasteiger partial charge in [0.15, 0.2) is 0 Å². The Kier molecular flexibility index (Phi) is 8.63. The van der Waals surface area contributed by atoms with Crippen LogP contribution in [0.15, 0.2) is 76.1 Å². The van der Waals surface area contributed by atoms with Gasteiger partial charge in [0.1, 0.15) is 5.82 Å². The molecule has 3 aromatic rings. The summed E-state index contributed by atoms with van der Waals surface area (Å²) in [5, 5.41) is 2.65. The molecule has 1 aliphatic heterocycles. The lowest BCUT2D eigenvalue weighted by molar-refractivity contribution is -0.121. The molecule has 0 spiro atoms. The van der Waals surface area contributed by atoms with E-state index in [9.17, 15) is 22.4 Å². The summed E-state index contributed by atoms with van der Waals surface area (Å²) >= 11 is 9.07. The maximum Gasteiger partial charge on any atom is 0.253 e. The van der Waals surface area contributed by atoms with E-state index in [2.05, 4.69) is 26.0 Å². The minimum absolute atomic E-state index is 0.00963. The van der Waals surface area contributed by atoms with Crippen LogP contribution in [-0.4, -0.2) is 38.2 Å². The number of halogens is 3. The van der Waals surface area contributed by atoms with Gasteiger partial charge < -0.3 is 10.2 Å². The molecular weight excluding hydrogens is 585 g/mol. The summed E-state index contributed by atoms with van der Waals surface area (Å²) in [6, 6.07) is 17.2. The molecule has 11 heteroatoms. The number of likely N-dealkylation sites (tertiary alicyclic amines) is 1. The van der Waals surface area contributed by atoms with E-state index in [1.807, 2.05) is 24.3 Å². The number of piperidine rings is 1. The molecule has 1 fully saturated rings. The second-order valence-corrected chi connectivity index (χ2v) is 11.8. The number of benzene rings is 3. The molecule has 1 aliphatic rings. The number of hydrogen-bond acceptors (Lipinski definition) is 4. The first-order chi connectivity index (χ1) is 17.6. The van der Waals surface area contributed by atoms with Crippen LogP contribution >= 0.6 is 27.5 Å². The van der Waals surface area contributed by atoms with Crippen molar-refractivity contribution in [3.8, 4) is 0 Å². The molecule has 194 valence electrons. The van der Waals surface area contributed by atoms with Crippen molar-refractivity contribution in [1.82, 2.24) is 9.62 Å². The van der Waals surface area contributed by atoms with Crippen LogP contribution in [-0.2, 0) is 21.4 Å². The molecule has 4 rings (SSSR count). The van der Waals surface area contributed by atoms with Gasteiger partial charge in [-0.1, -0.05) is 45.7 Å². The topological polar surface area (TPSA) is 95.6 Å². The van der Waals surface area contributed by atoms with Crippen LogP contribution < -0.4 is 10.0 Å². The van der Waals surface area contributed by atoms with Gasteiger partial charge in [0, 0.05) is 41.3 Å². The molecular formula is C26H24BrClFN3O4S. The molecule has 1 heterocycles. The van der Waals surface area contributed by atoms with E-state index in [0.29, 0.717) is 37.1 Å². The lowest BCUT2D eigenvalue weighted by Crippen LogP contribution is -2.41. The van der Waals surface area contributed by atoms with E-state index in [0.717, 1.165) is 28.4 Å². The minimum atomic E-state index is -3.89. The molecule has 7 nitrogen and oxygen atoms in total. The van der Waals surface area contributed by atoms with Crippen LogP contribution in [0.3, 0.4) is 0 Å². The molecule has 37 heavy (non-hydrogen) atoms. The van der Waals surface area contributed by atoms with Crippen LogP contribution in [0.1, 0.15) is 28.8 Å². The van der Waals surface area contributed by atoms with Crippen LogP contribution in [0.5, 0.6) is 0 Å². The maximum atomic E-state index is 13.3. The number of anilines is 1. The monoisotopic (exact) mass is 607 g/mol. The molecule has 2 N–H and O–H groups in total. The summed E-state index contributed by atoms with van der Waals surface area (Å²) in [4.78, 5) is 27.1. The van der Waals surface area contributed by atoms with Crippen LogP contribution in [0, 0.1) is 11.7 Å². The summed E-state index contributed by atoms with van der Waals surface area (Å²) in [5.41, 5.74) is 1.85. The summed E-state index contributed by atoms with van der Waals surface area (Å²) in [7, 11) is -3.89. The van der Waals surface area contributed by atoms with Gasteiger partial charge in [-0.2, -0.15) is 0 Å². The predicted molar refractivity (Wildman–Crippen MR) is 143 cm³/mol. The van der Waals surface area contributed by atoms with E-state index in [4.69, 9.17) is 11.6 Å². The number of carbonyl (C=O) groups excluding carboxylic acids is 2. The van der Waals surface area contributed by atoms with Crippen LogP contribution in [0.4, 0.5) is 10.1 Å². The highest BCUT2D eigenvalue weighted by atomic mass is 79.9. The van der Waals surface area contributed by atoms with Crippen molar-refractivity contribution in [1.29, 1.82) is 0 Å². The van der Waals surface area contributed by atoms with E-state index in [1.54, 1.807) is 29.2 Å². The number of carbonyl (C=O) groups is 2. The van der Waals surface area contributed by atoms with Gasteiger partial charge in [-0.3, -0.25) is 9.59 Å². The average Bonchev–Trinajstić information content (AvgIpc) is 2.89. The quantitative estimate of drug-likeness (QED) is 0.385. The van der Waals surface area contributed by atoms with Gasteiger partial charge in [0.25, 0.3) is 5.91 Å². The number of nitrogens with one attached hydrogen (secondary N) is 2. The predicted octanol–water partition coefficient (Wildman–Crippen LogP) is 5.21. The van der Waals surface area contributed by atoms with Crippen molar-refractivity contribution >= 4 is 55.1 Å². The van der Waals surface area contributed by atoms with Crippen molar-refractivity contribution in [3.05, 3.63) is 93.2 Å². The summed E-state index contributed by atoms with van der Waals surface area (Å²) in [5.74, 6) is -1.07. The molecule has 2 amide bonds. The second kappa shape index (κ2) is 11.7. The van der Waals surface area contributed by atoms with E-state index < -0.39 is 15.8 Å². The average molecular weight is 609 g/mol. The zero-order valence-corrected chi connectivity index (χ0v) is 22.7. The highest BCUT2D eigenvalue weighted by molar-refractivity contribution is 9.10. The minimum Gasteiger partial charge on any atom is -0.339 e. The zero-order valence-electron chi connectivity index (χ0n) is 19.6. The summed E-state index contributed by atoms with van der Waals surface area (Å²) < 4.78 is 41.6. The van der Waals surface area contributed by atoms with Gasteiger partial charge >= 0.3 is 0 Å². The normalized spacial score (nSPS) is 14.4. The zero-order chi connectivity index (χ0) is 26.6. The third-order valence-electron chi connectivity index (χ3n) is 6.11. The molecule has 0 aliphatic carbocycles.